The van der Waals surface area contributed by atoms with Crippen molar-refractivity contribution in [1.82, 2.24) is 9.88 Å². The Morgan fingerprint density at radius 1 is 1.43 bits per heavy atom. The van der Waals surface area contributed by atoms with Crippen LogP contribution in [0.3, 0.4) is 0 Å². The number of ether oxygens (including phenoxy) is 1. The van der Waals surface area contributed by atoms with Crippen molar-refractivity contribution in [3.63, 3.8) is 0 Å². The van der Waals surface area contributed by atoms with E-state index in [1.165, 1.54) is 24.8 Å². The summed E-state index contributed by atoms with van der Waals surface area (Å²) in [6.07, 6.45) is -0.206. The molecule has 1 atom stereocenters. The summed E-state index contributed by atoms with van der Waals surface area (Å²) in [5, 5.41) is 11.7. The standard InChI is InChI=1S/C12H14Cl2N2O5/c1-16-8(5-6(13)10(16)14)11(18)15-7(12(19)20)3-4-9(17)21-2/h5,7H,3-4H2,1-2H3,(H,15,18)(H,19,20). The lowest BCUT2D eigenvalue weighted by Gasteiger charge is -2.14. The van der Waals surface area contributed by atoms with E-state index in [2.05, 4.69) is 10.1 Å². The fourth-order valence-corrected chi connectivity index (χ4v) is 1.99. The third-order valence-corrected chi connectivity index (χ3v) is 3.66. The van der Waals surface area contributed by atoms with Crippen LogP contribution in [0.1, 0.15) is 23.3 Å². The number of hydrogen-bond donors (Lipinski definition) is 2. The molecule has 0 aromatic carbocycles. The lowest BCUT2D eigenvalue weighted by Crippen LogP contribution is -2.41. The molecule has 116 valence electrons. The molecule has 0 bridgehead atoms. The van der Waals surface area contributed by atoms with E-state index in [0.717, 1.165) is 0 Å². The number of nitrogens with zero attached hydrogens (tertiary/aromatic N) is 1. The van der Waals surface area contributed by atoms with Gasteiger partial charge in [0.25, 0.3) is 5.91 Å². The highest BCUT2D eigenvalue weighted by atomic mass is 35.5. The van der Waals surface area contributed by atoms with E-state index >= 15 is 0 Å². The van der Waals surface area contributed by atoms with Crippen LogP contribution in [0.2, 0.25) is 10.2 Å². The molecule has 0 spiro atoms. The molecule has 0 radical (unpaired) electrons. The first-order valence-electron chi connectivity index (χ1n) is 5.89. The molecule has 1 heterocycles. The van der Waals surface area contributed by atoms with Crippen molar-refractivity contribution in [2.24, 2.45) is 7.05 Å². The maximum Gasteiger partial charge on any atom is 0.326 e. The van der Waals surface area contributed by atoms with Crippen LogP contribution < -0.4 is 5.32 Å². The highest BCUT2D eigenvalue weighted by Gasteiger charge is 2.24. The van der Waals surface area contributed by atoms with Gasteiger partial charge in [-0.3, -0.25) is 9.59 Å². The number of methoxy groups -OCH3 is 1. The highest BCUT2D eigenvalue weighted by molar-refractivity contribution is 6.41. The van der Waals surface area contributed by atoms with Gasteiger partial charge in [-0.2, -0.15) is 0 Å². The van der Waals surface area contributed by atoms with Crippen LogP contribution >= 0.6 is 23.2 Å². The molecule has 0 aliphatic rings. The Labute approximate surface area is 130 Å². The van der Waals surface area contributed by atoms with Crippen LogP contribution in [0.5, 0.6) is 0 Å². The van der Waals surface area contributed by atoms with Gasteiger partial charge in [-0.25, -0.2) is 4.79 Å². The smallest absolute Gasteiger partial charge is 0.326 e. The van der Waals surface area contributed by atoms with Crippen LogP contribution in [-0.2, 0) is 21.4 Å². The van der Waals surface area contributed by atoms with E-state index in [1.807, 2.05) is 0 Å². The highest BCUT2D eigenvalue weighted by Crippen LogP contribution is 2.25. The van der Waals surface area contributed by atoms with Gasteiger partial charge in [-0.1, -0.05) is 23.2 Å². The molecule has 1 aromatic heterocycles. The third kappa shape index (κ3) is 4.37. The van der Waals surface area contributed by atoms with E-state index < -0.39 is 23.9 Å². The predicted octanol–water partition coefficient (Wildman–Crippen LogP) is 1.47. The number of aromatic nitrogens is 1. The number of carboxylic acids is 1. The lowest BCUT2D eigenvalue weighted by molar-refractivity contribution is -0.142. The molecule has 1 aromatic rings. The summed E-state index contributed by atoms with van der Waals surface area (Å²) in [6, 6.07) is 0.113. The molecular weight excluding hydrogens is 323 g/mol. The van der Waals surface area contributed by atoms with Gasteiger partial charge in [-0.05, 0) is 12.5 Å². The zero-order valence-electron chi connectivity index (χ0n) is 11.4. The summed E-state index contributed by atoms with van der Waals surface area (Å²) in [7, 11) is 2.72. The minimum Gasteiger partial charge on any atom is -0.480 e. The number of aliphatic carboxylic acids is 1. The van der Waals surface area contributed by atoms with E-state index in [-0.39, 0.29) is 28.7 Å². The maximum atomic E-state index is 12.0. The quantitative estimate of drug-likeness (QED) is 0.766. The van der Waals surface area contributed by atoms with Crippen molar-refractivity contribution < 1.29 is 24.2 Å². The second-order valence-corrected chi connectivity index (χ2v) is 4.97. The summed E-state index contributed by atoms with van der Waals surface area (Å²) >= 11 is 11.6. The number of carbonyl (C=O) groups is 3. The first-order chi connectivity index (χ1) is 9.77. The van der Waals surface area contributed by atoms with Crippen molar-refractivity contribution in [2.75, 3.05) is 7.11 Å². The van der Waals surface area contributed by atoms with Crippen LogP contribution in [0.4, 0.5) is 0 Å². The number of esters is 1. The predicted molar refractivity (Wildman–Crippen MR) is 75.6 cm³/mol. The van der Waals surface area contributed by atoms with Crippen molar-refractivity contribution in [3.05, 3.63) is 21.9 Å². The van der Waals surface area contributed by atoms with Crippen molar-refractivity contribution in [2.45, 2.75) is 18.9 Å². The van der Waals surface area contributed by atoms with Gasteiger partial charge in [0.05, 0.1) is 12.1 Å². The average molecular weight is 337 g/mol. The average Bonchev–Trinajstić information content (AvgIpc) is 2.70. The molecule has 1 rings (SSSR count). The Kier molecular flexibility index (Phi) is 6.04. The molecule has 0 saturated heterocycles. The third-order valence-electron chi connectivity index (χ3n) is 2.82. The van der Waals surface area contributed by atoms with E-state index in [0.29, 0.717) is 0 Å². The van der Waals surface area contributed by atoms with Crippen molar-refractivity contribution in [3.8, 4) is 0 Å². The zero-order valence-corrected chi connectivity index (χ0v) is 12.9. The molecule has 0 saturated carbocycles. The number of nitrogens with one attached hydrogen (secondary N) is 1. The van der Waals surface area contributed by atoms with Gasteiger partial charge in [0.1, 0.15) is 16.9 Å². The minimum absolute atomic E-state index is 0.0837. The number of halogens is 2. The molecular formula is C12H14Cl2N2O5. The van der Waals surface area contributed by atoms with E-state index in [1.54, 1.807) is 0 Å². The normalized spacial score (nSPS) is 11.8. The largest absolute Gasteiger partial charge is 0.480 e. The van der Waals surface area contributed by atoms with Crippen LogP contribution in [0.15, 0.2) is 6.07 Å². The van der Waals surface area contributed by atoms with Gasteiger partial charge in [0, 0.05) is 13.5 Å². The SMILES string of the molecule is COC(=O)CCC(NC(=O)c1cc(Cl)c(Cl)n1C)C(=O)O. The number of rotatable bonds is 6. The fourth-order valence-electron chi connectivity index (χ4n) is 1.61. The van der Waals surface area contributed by atoms with Crippen molar-refractivity contribution in [1.29, 1.82) is 0 Å². The fraction of sp³-hybridized carbons (Fsp3) is 0.417. The Morgan fingerprint density at radius 2 is 2.05 bits per heavy atom. The monoisotopic (exact) mass is 336 g/mol. The van der Waals surface area contributed by atoms with Gasteiger partial charge in [0.15, 0.2) is 0 Å². The molecule has 0 aliphatic heterocycles. The Hall–Kier alpha value is -1.73. The topological polar surface area (TPSA) is 97.6 Å². The van der Waals surface area contributed by atoms with Crippen LogP contribution in [0, 0.1) is 0 Å². The van der Waals surface area contributed by atoms with Gasteiger partial charge in [-0.15, -0.1) is 0 Å². The Morgan fingerprint density at radius 3 is 2.48 bits per heavy atom. The molecule has 1 amide bonds. The molecule has 1 unspecified atom stereocenters. The summed E-state index contributed by atoms with van der Waals surface area (Å²) in [6.45, 7) is 0. The molecule has 0 aliphatic carbocycles. The Bertz CT molecular complexity index is 570. The summed E-state index contributed by atoms with van der Waals surface area (Å²) < 4.78 is 5.76. The van der Waals surface area contributed by atoms with Crippen molar-refractivity contribution >= 4 is 41.0 Å². The van der Waals surface area contributed by atoms with Gasteiger partial charge < -0.3 is 19.7 Å². The van der Waals surface area contributed by atoms with Gasteiger partial charge >= 0.3 is 11.9 Å². The summed E-state index contributed by atoms with van der Waals surface area (Å²) in [4.78, 5) is 34.2. The maximum absolute atomic E-state index is 12.0. The minimum atomic E-state index is -1.25. The molecule has 0 fully saturated rings. The first-order valence-corrected chi connectivity index (χ1v) is 6.64. The first kappa shape index (κ1) is 17.3. The summed E-state index contributed by atoms with van der Waals surface area (Å²) in [5.74, 6) is -2.46. The molecule has 21 heavy (non-hydrogen) atoms. The number of carboxylic acid groups (broad SMARTS) is 1. The molecule has 2 N–H and O–H groups in total. The summed E-state index contributed by atoms with van der Waals surface area (Å²) in [5.41, 5.74) is 0.120. The number of carbonyl (C=O) groups excluding carboxylic acids is 2. The van der Waals surface area contributed by atoms with E-state index in [9.17, 15) is 14.4 Å². The van der Waals surface area contributed by atoms with Crippen LogP contribution in [-0.4, -0.2) is 40.7 Å². The molecule has 7 nitrogen and oxygen atoms in total. The number of amides is 1. The van der Waals surface area contributed by atoms with Gasteiger partial charge in [0.2, 0.25) is 0 Å². The molecule has 9 heteroatoms. The second kappa shape index (κ2) is 7.33. The number of hydrogen-bond acceptors (Lipinski definition) is 4. The second-order valence-electron chi connectivity index (χ2n) is 4.21. The van der Waals surface area contributed by atoms with E-state index in [4.69, 9.17) is 28.3 Å². The zero-order chi connectivity index (χ0) is 16.2. The van der Waals surface area contributed by atoms with Crippen LogP contribution in [0.25, 0.3) is 0 Å². The Balaban J connectivity index is 2.79. The lowest BCUT2D eigenvalue weighted by atomic mass is 10.1.